The predicted molar refractivity (Wildman–Crippen MR) is 205 cm³/mol. The van der Waals surface area contributed by atoms with Crippen LogP contribution in [0.5, 0.6) is 5.75 Å². The van der Waals surface area contributed by atoms with Crippen molar-refractivity contribution in [2.45, 2.75) is 95.8 Å². The minimum absolute atomic E-state index is 0.0523. The Hall–Kier alpha value is -4.43. The van der Waals surface area contributed by atoms with Crippen LogP contribution in [0, 0.1) is 11.6 Å². The molecule has 3 aromatic rings. The summed E-state index contributed by atoms with van der Waals surface area (Å²) in [5.74, 6) is -2.93. The van der Waals surface area contributed by atoms with Gasteiger partial charge in [-0.05, 0) is 61.9 Å². The summed E-state index contributed by atoms with van der Waals surface area (Å²) < 4.78 is 40.1. The third-order valence-corrected chi connectivity index (χ3v) is 10.5. The Morgan fingerprint density at radius 1 is 0.889 bits per heavy atom. The molecule has 1 aromatic heterocycles. The van der Waals surface area contributed by atoms with Gasteiger partial charge in [0.15, 0.2) is 16.7 Å². The number of halogens is 2. The Kier molecular flexibility index (Phi) is 16.2. The highest BCUT2D eigenvalue weighted by molar-refractivity contribution is 7.14. The Balaban J connectivity index is 0.851. The van der Waals surface area contributed by atoms with Gasteiger partial charge in [0, 0.05) is 55.5 Å². The number of amides is 4. The number of hydrogen-bond acceptors (Lipinski definition) is 9. The number of unbranched alkanes of at least 4 members (excludes halogenated alkanes) is 8. The largest absolute Gasteiger partial charge is 0.490 e. The second-order valence-corrected chi connectivity index (χ2v) is 14.6. The number of ether oxygens (including phenoxy) is 2. The molecule has 2 fully saturated rings. The van der Waals surface area contributed by atoms with E-state index in [-0.39, 0.29) is 41.9 Å². The van der Waals surface area contributed by atoms with E-state index >= 15 is 0 Å². The van der Waals surface area contributed by atoms with E-state index in [0.717, 1.165) is 87.6 Å². The molecule has 0 radical (unpaired) electrons. The molecule has 0 bridgehead atoms. The van der Waals surface area contributed by atoms with Gasteiger partial charge >= 0.3 is 0 Å². The average Bonchev–Trinajstić information content (AvgIpc) is 3.66. The third kappa shape index (κ3) is 12.6. The number of carbonyl (C=O) groups is 4. The van der Waals surface area contributed by atoms with Gasteiger partial charge in [-0.15, -0.1) is 11.3 Å². The second kappa shape index (κ2) is 21.5. The summed E-state index contributed by atoms with van der Waals surface area (Å²) in [6.07, 6.45) is 10.4. The molecule has 3 heterocycles. The normalized spacial score (nSPS) is 15.9. The summed E-state index contributed by atoms with van der Waals surface area (Å²) >= 11 is 1.46. The number of aromatic nitrogens is 1. The summed E-state index contributed by atoms with van der Waals surface area (Å²) in [6.45, 7) is 3.65. The maximum atomic E-state index is 14.8. The first-order valence-electron chi connectivity index (χ1n) is 19.2. The summed E-state index contributed by atoms with van der Waals surface area (Å²) in [4.78, 5) is 54.8. The van der Waals surface area contributed by atoms with Crippen LogP contribution < -0.4 is 25.6 Å². The van der Waals surface area contributed by atoms with Crippen molar-refractivity contribution in [3.05, 3.63) is 59.0 Å². The van der Waals surface area contributed by atoms with Crippen molar-refractivity contribution >= 4 is 45.8 Å². The fourth-order valence-electron chi connectivity index (χ4n) is 6.55. The van der Waals surface area contributed by atoms with Gasteiger partial charge in [0.2, 0.25) is 29.4 Å². The molecule has 2 aliphatic heterocycles. The topological polar surface area (TPSA) is 139 Å². The summed E-state index contributed by atoms with van der Waals surface area (Å²) in [5.41, 5.74) is 2.50. The van der Waals surface area contributed by atoms with Crippen molar-refractivity contribution in [1.29, 1.82) is 0 Å². The zero-order valence-corrected chi connectivity index (χ0v) is 31.6. The first-order valence-corrected chi connectivity index (χ1v) is 20.1. The van der Waals surface area contributed by atoms with Gasteiger partial charge < -0.3 is 25.0 Å². The first-order chi connectivity index (χ1) is 26.3. The molecule has 14 heteroatoms. The second-order valence-electron chi connectivity index (χ2n) is 13.8. The first kappa shape index (κ1) is 40.7. The minimum Gasteiger partial charge on any atom is -0.490 e. The number of rotatable bonds is 21. The number of piperidine rings is 1. The molecular weight excluding hydrogens is 717 g/mol. The molecule has 2 aromatic carbocycles. The van der Waals surface area contributed by atoms with Gasteiger partial charge in [0.05, 0.1) is 31.4 Å². The van der Waals surface area contributed by atoms with Crippen LogP contribution in [0.4, 0.5) is 19.6 Å². The Morgan fingerprint density at radius 3 is 2.31 bits per heavy atom. The van der Waals surface area contributed by atoms with Crippen LogP contribution in [-0.2, 0) is 23.9 Å². The highest BCUT2D eigenvalue weighted by Gasteiger charge is 2.28. The van der Waals surface area contributed by atoms with Crippen LogP contribution in [0.2, 0.25) is 0 Å². The lowest BCUT2D eigenvalue weighted by Gasteiger charge is -2.26. The van der Waals surface area contributed by atoms with Crippen LogP contribution in [0.3, 0.4) is 0 Å². The minimum atomic E-state index is -0.998. The van der Waals surface area contributed by atoms with Crippen molar-refractivity contribution in [2.75, 3.05) is 49.7 Å². The molecule has 1 unspecified atom stereocenters. The Labute approximate surface area is 319 Å². The number of imide groups is 1. The SMILES string of the molecule is O=C(CCCCCCCCOc1c(-c2csc(N3CCOCC3)n2)ccc(F)c1F)NCCCCCCC(=O)Nc1ccc(C2CCC(=O)NC2=O)cc1. The van der Waals surface area contributed by atoms with Gasteiger partial charge in [-0.2, -0.15) is 4.39 Å². The van der Waals surface area contributed by atoms with E-state index < -0.39 is 11.6 Å². The fraction of sp³-hybridized carbons (Fsp3) is 0.525. The van der Waals surface area contributed by atoms with Crippen LogP contribution in [0.1, 0.15) is 101 Å². The van der Waals surface area contributed by atoms with E-state index in [9.17, 15) is 28.0 Å². The maximum absolute atomic E-state index is 14.8. The number of benzene rings is 2. The number of hydrogen-bond donors (Lipinski definition) is 3. The summed E-state index contributed by atoms with van der Waals surface area (Å²) in [7, 11) is 0. The van der Waals surface area contributed by atoms with Crippen molar-refractivity contribution in [3.63, 3.8) is 0 Å². The van der Waals surface area contributed by atoms with E-state index in [2.05, 4.69) is 25.8 Å². The van der Waals surface area contributed by atoms with Gasteiger partial charge in [-0.25, -0.2) is 9.37 Å². The molecule has 0 saturated carbocycles. The summed E-state index contributed by atoms with van der Waals surface area (Å²) in [6, 6.07) is 9.80. The molecule has 2 saturated heterocycles. The van der Waals surface area contributed by atoms with Crippen molar-refractivity contribution in [3.8, 4) is 17.0 Å². The van der Waals surface area contributed by atoms with Crippen molar-refractivity contribution in [2.24, 2.45) is 0 Å². The lowest BCUT2D eigenvalue weighted by molar-refractivity contribution is -0.134. The van der Waals surface area contributed by atoms with Crippen LogP contribution in [0.15, 0.2) is 41.8 Å². The van der Waals surface area contributed by atoms with E-state index in [1.165, 1.54) is 17.4 Å². The maximum Gasteiger partial charge on any atom is 0.234 e. The monoisotopic (exact) mass is 767 g/mol. The smallest absolute Gasteiger partial charge is 0.234 e. The Bertz CT molecular complexity index is 1700. The fourth-order valence-corrected chi connectivity index (χ4v) is 7.43. The van der Waals surface area contributed by atoms with Crippen molar-refractivity contribution in [1.82, 2.24) is 15.6 Å². The number of thiazole rings is 1. The van der Waals surface area contributed by atoms with Gasteiger partial charge in [0.25, 0.3) is 0 Å². The Morgan fingerprint density at radius 2 is 1.57 bits per heavy atom. The molecule has 54 heavy (non-hydrogen) atoms. The lowest BCUT2D eigenvalue weighted by atomic mass is 9.90. The van der Waals surface area contributed by atoms with Gasteiger partial charge in [0.1, 0.15) is 0 Å². The number of nitrogens with zero attached hydrogens (tertiary/aromatic N) is 2. The summed E-state index contributed by atoms with van der Waals surface area (Å²) in [5, 5.41) is 10.9. The quantitative estimate of drug-likeness (QED) is 0.0761. The van der Waals surface area contributed by atoms with Crippen LogP contribution in [0.25, 0.3) is 11.3 Å². The number of carbonyl (C=O) groups excluding carboxylic acids is 4. The lowest BCUT2D eigenvalue weighted by Crippen LogP contribution is -2.39. The number of anilines is 2. The molecule has 0 aliphatic carbocycles. The molecule has 5 rings (SSSR count). The molecule has 292 valence electrons. The van der Waals surface area contributed by atoms with Crippen LogP contribution in [-0.4, -0.2) is 68.1 Å². The van der Waals surface area contributed by atoms with Crippen LogP contribution >= 0.6 is 11.3 Å². The third-order valence-electron chi connectivity index (χ3n) is 9.63. The zero-order chi connectivity index (χ0) is 38.1. The van der Waals surface area contributed by atoms with E-state index in [4.69, 9.17) is 9.47 Å². The molecule has 3 N–H and O–H groups in total. The number of morpholine rings is 1. The van der Waals surface area contributed by atoms with E-state index in [0.29, 0.717) is 68.8 Å². The van der Waals surface area contributed by atoms with E-state index in [1.807, 2.05) is 17.5 Å². The highest BCUT2D eigenvalue weighted by atomic mass is 32.1. The highest BCUT2D eigenvalue weighted by Crippen LogP contribution is 2.36. The average molecular weight is 768 g/mol. The number of nitrogens with one attached hydrogen (secondary N) is 3. The van der Waals surface area contributed by atoms with Crippen molar-refractivity contribution < 1.29 is 37.4 Å². The molecule has 4 amide bonds. The van der Waals surface area contributed by atoms with Gasteiger partial charge in [-0.3, -0.25) is 24.5 Å². The predicted octanol–water partition coefficient (Wildman–Crippen LogP) is 7.26. The molecule has 2 aliphatic rings. The molecule has 1 atom stereocenters. The molecule has 11 nitrogen and oxygen atoms in total. The molecular formula is C40H51F2N5O6S. The molecule has 0 spiro atoms. The van der Waals surface area contributed by atoms with Gasteiger partial charge in [-0.1, -0.05) is 50.7 Å². The zero-order valence-electron chi connectivity index (χ0n) is 30.8. The van der Waals surface area contributed by atoms with E-state index in [1.54, 1.807) is 12.1 Å². The standard InChI is InChI=1S/C40H51F2N5O6S/c41-32-19-17-31(33-27-54-40(45-33)47-22-25-52-26-23-47)38(37(32)42)53-24-10-6-2-1-3-7-11-34(48)43-21-9-5-4-8-12-35(49)44-29-15-13-28(14-16-29)30-18-20-36(50)46-39(30)51/h13-17,19,27,30H,1-12,18,20-26H2,(H,43,48)(H,44,49)(H,46,50,51).